The molecule has 1 aliphatic carbocycles. The third-order valence-corrected chi connectivity index (χ3v) is 3.80. The number of carbonyl (C=O) groups is 1. The molecule has 1 fully saturated rings. The molecule has 1 heterocycles. The van der Waals surface area contributed by atoms with Gasteiger partial charge in [0.05, 0.1) is 0 Å². The lowest BCUT2D eigenvalue weighted by Crippen LogP contribution is -2.02. The van der Waals surface area contributed by atoms with E-state index in [1.54, 1.807) is 12.1 Å². The average molecular weight is 244 g/mol. The van der Waals surface area contributed by atoms with Gasteiger partial charge in [-0.05, 0) is 25.0 Å². The highest BCUT2D eigenvalue weighted by Crippen LogP contribution is 2.36. The van der Waals surface area contributed by atoms with E-state index in [0.29, 0.717) is 11.5 Å². The highest BCUT2D eigenvalue weighted by molar-refractivity contribution is 6.01. The summed E-state index contributed by atoms with van der Waals surface area (Å²) in [6.45, 7) is 0. The van der Waals surface area contributed by atoms with Gasteiger partial charge in [-0.15, -0.1) is 0 Å². The minimum Gasteiger partial charge on any atom is -0.478 e. The van der Waals surface area contributed by atoms with Gasteiger partial charge in [-0.3, -0.25) is 0 Å². The fraction of sp³-hybridized carbons (Fsp3) is 0.400. The largest absolute Gasteiger partial charge is 0.478 e. The van der Waals surface area contributed by atoms with Crippen LogP contribution in [0.2, 0.25) is 0 Å². The number of carboxylic acids is 1. The summed E-state index contributed by atoms with van der Waals surface area (Å²) in [6.07, 6.45) is 6.10. The second kappa shape index (κ2) is 4.48. The van der Waals surface area contributed by atoms with E-state index in [2.05, 4.69) is 0 Å². The van der Waals surface area contributed by atoms with Crippen molar-refractivity contribution < 1.29 is 14.3 Å². The minimum absolute atomic E-state index is 0.259. The Hall–Kier alpha value is -1.77. The molecule has 0 atom stereocenters. The van der Waals surface area contributed by atoms with Gasteiger partial charge < -0.3 is 9.52 Å². The van der Waals surface area contributed by atoms with E-state index in [0.717, 1.165) is 24.0 Å². The molecular weight excluding hydrogens is 228 g/mol. The van der Waals surface area contributed by atoms with Crippen molar-refractivity contribution in [2.75, 3.05) is 0 Å². The van der Waals surface area contributed by atoms with Crippen molar-refractivity contribution >= 4 is 16.9 Å². The number of rotatable bonds is 2. The second-order valence-corrected chi connectivity index (χ2v) is 5.01. The number of aromatic carboxylic acids is 1. The third-order valence-electron chi connectivity index (χ3n) is 3.80. The highest BCUT2D eigenvalue weighted by atomic mass is 16.4. The molecule has 0 saturated heterocycles. The van der Waals surface area contributed by atoms with Crippen LogP contribution in [0.25, 0.3) is 11.0 Å². The van der Waals surface area contributed by atoms with E-state index in [9.17, 15) is 4.79 Å². The van der Waals surface area contributed by atoms with Crippen LogP contribution in [0.4, 0.5) is 0 Å². The van der Waals surface area contributed by atoms with Gasteiger partial charge >= 0.3 is 5.97 Å². The first-order chi connectivity index (χ1) is 8.75. The standard InChI is InChI=1S/C15H16O3/c16-15(17)12-8-4-7-11-9-13(18-14(11)12)10-5-2-1-3-6-10/h4,7-10H,1-3,5-6H2,(H,16,17). The van der Waals surface area contributed by atoms with E-state index in [1.807, 2.05) is 12.1 Å². The fourth-order valence-corrected chi connectivity index (χ4v) is 2.84. The molecule has 3 heteroatoms. The number of fused-ring (bicyclic) bond motifs is 1. The van der Waals surface area contributed by atoms with Crippen molar-refractivity contribution in [2.45, 2.75) is 38.0 Å². The summed E-state index contributed by atoms with van der Waals surface area (Å²) < 4.78 is 5.82. The van der Waals surface area contributed by atoms with E-state index < -0.39 is 5.97 Å². The molecule has 3 rings (SSSR count). The molecule has 3 nitrogen and oxygen atoms in total. The van der Waals surface area contributed by atoms with E-state index in [4.69, 9.17) is 9.52 Å². The van der Waals surface area contributed by atoms with Crippen molar-refractivity contribution in [1.29, 1.82) is 0 Å². The van der Waals surface area contributed by atoms with Crippen LogP contribution < -0.4 is 0 Å². The molecule has 94 valence electrons. The molecular formula is C15H16O3. The number of benzene rings is 1. The van der Waals surface area contributed by atoms with Gasteiger partial charge in [0.15, 0.2) is 0 Å². The summed E-state index contributed by atoms with van der Waals surface area (Å²) in [5.41, 5.74) is 0.778. The monoisotopic (exact) mass is 244 g/mol. The van der Waals surface area contributed by atoms with Gasteiger partial charge in [0, 0.05) is 11.3 Å². The molecule has 18 heavy (non-hydrogen) atoms. The molecule has 1 aromatic carbocycles. The number of furan rings is 1. The topological polar surface area (TPSA) is 50.4 Å². The summed E-state index contributed by atoms with van der Waals surface area (Å²) in [5.74, 6) is 0.497. The molecule has 1 saturated carbocycles. The molecule has 0 aliphatic heterocycles. The minimum atomic E-state index is -0.926. The van der Waals surface area contributed by atoms with Crippen LogP contribution in [-0.2, 0) is 0 Å². The maximum absolute atomic E-state index is 11.1. The zero-order chi connectivity index (χ0) is 12.5. The Labute approximate surface area is 105 Å². The van der Waals surface area contributed by atoms with E-state index in [-0.39, 0.29) is 5.56 Å². The summed E-state index contributed by atoms with van der Waals surface area (Å²) in [6, 6.07) is 7.29. The van der Waals surface area contributed by atoms with Crippen LogP contribution in [0, 0.1) is 0 Å². The summed E-state index contributed by atoms with van der Waals surface area (Å²) in [7, 11) is 0. The van der Waals surface area contributed by atoms with Crippen LogP contribution in [-0.4, -0.2) is 11.1 Å². The van der Waals surface area contributed by atoms with Crippen molar-refractivity contribution in [3.05, 3.63) is 35.6 Å². The van der Waals surface area contributed by atoms with Crippen LogP contribution in [0.1, 0.15) is 54.1 Å². The first kappa shape index (κ1) is 11.3. The smallest absolute Gasteiger partial charge is 0.339 e. The van der Waals surface area contributed by atoms with Gasteiger partial charge in [0.2, 0.25) is 0 Å². The maximum atomic E-state index is 11.1. The van der Waals surface area contributed by atoms with E-state index >= 15 is 0 Å². The average Bonchev–Trinajstić information content (AvgIpc) is 2.83. The Morgan fingerprint density at radius 2 is 2.00 bits per heavy atom. The Morgan fingerprint density at radius 1 is 1.22 bits per heavy atom. The van der Waals surface area contributed by atoms with Crippen LogP contribution in [0.3, 0.4) is 0 Å². The molecule has 0 unspecified atom stereocenters. The lowest BCUT2D eigenvalue weighted by molar-refractivity contribution is 0.0697. The molecule has 2 aromatic rings. The fourth-order valence-electron chi connectivity index (χ4n) is 2.84. The normalized spacial score (nSPS) is 17.1. The number of para-hydroxylation sites is 1. The Kier molecular flexibility index (Phi) is 2.82. The van der Waals surface area contributed by atoms with Gasteiger partial charge in [0.25, 0.3) is 0 Å². The molecule has 1 aliphatic rings. The predicted molar refractivity (Wildman–Crippen MR) is 69.0 cm³/mol. The zero-order valence-corrected chi connectivity index (χ0v) is 10.2. The highest BCUT2D eigenvalue weighted by Gasteiger charge is 2.21. The lowest BCUT2D eigenvalue weighted by Gasteiger charge is -2.18. The van der Waals surface area contributed by atoms with Crippen molar-refractivity contribution in [3.63, 3.8) is 0 Å². The molecule has 0 radical (unpaired) electrons. The maximum Gasteiger partial charge on any atom is 0.339 e. The number of hydrogen-bond donors (Lipinski definition) is 1. The summed E-state index contributed by atoms with van der Waals surface area (Å²) in [5, 5.41) is 10.0. The quantitative estimate of drug-likeness (QED) is 0.862. The predicted octanol–water partition coefficient (Wildman–Crippen LogP) is 4.18. The van der Waals surface area contributed by atoms with Gasteiger partial charge in [-0.2, -0.15) is 0 Å². The SMILES string of the molecule is O=C(O)c1cccc2cc(C3CCCCC3)oc12. The van der Waals surface area contributed by atoms with Gasteiger partial charge in [0.1, 0.15) is 16.9 Å². The Bertz CT molecular complexity index is 576. The first-order valence-electron chi connectivity index (χ1n) is 6.51. The van der Waals surface area contributed by atoms with Crippen LogP contribution in [0.5, 0.6) is 0 Å². The van der Waals surface area contributed by atoms with Crippen LogP contribution >= 0.6 is 0 Å². The second-order valence-electron chi connectivity index (χ2n) is 5.01. The van der Waals surface area contributed by atoms with E-state index in [1.165, 1.54) is 19.3 Å². The Morgan fingerprint density at radius 3 is 2.72 bits per heavy atom. The van der Waals surface area contributed by atoms with Gasteiger partial charge in [-0.25, -0.2) is 4.79 Å². The van der Waals surface area contributed by atoms with Gasteiger partial charge in [-0.1, -0.05) is 31.4 Å². The molecule has 1 N–H and O–H groups in total. The van der Waals surface area contributed by atoms with Crippen LogP contribution in [0.15, 0.2) is 28.7 Å². The third kappa shape index (κ3) is 1.90. The number of carboxylic acid groups (broad SMARTS) is 1. The Balaban J connectivity index is 2.04. The number of hydrogen-bond acceptors (Lipinski definition) is 2. The van der Waals surface area contributed by atoms with Crippen molar-refractivity contribution in [3.8, 4) is 0 Å². The molecule has 0 spiro atoms. The lowest BCUT2D eigenvalue weighted by atomic mass is 9.87. The zero-order valence-electron chi connectivity index (χ0n) is 10.2. The molecule has 1 aromatic heterocycles. The first-order valence-corrected chi connectivity index (χ1v) is 6.51. The summed E-state index contributed by atoms with van der Waals surface area (Å²) >= 11 is 0. The van der Waals surface area contributed by atoms with Crippen molar-refractivity contribution in [1.82, 2.24) is 0 Å². The molecule has 0 bridgehead atoms. The van der Waals surface area contributed by atoms with Crippen molar-refractivity contribution in [2.24, 2.45) is 0 Å². The summed E-state index contributed by atoms with van der Waals surface area (Å²) in [4.78, 5) is 11.1. The molecule has 0 amide bonds.